The van der Waals surface area contributed by atoms with Gasteiger partial charge in [-0.25, -0.2) is 0 Å². The van der Waals surface area contributed by atoms with Crippen molar-refractivity contribution in [1.29, 1.82) is 0 Å². The molecule has 0 aromatic carbocycles. The maximum absolute atomic E-state index is 4.14. The SMILES string of the molecule is C=C(C)P(CCp1c(C)c(C)c(C)c1C)C(=C)C. The van der Waals surface area contributed by atoms with E-state index in [4.69, 9.17) is 0 Å². The van der Waals surface area contributed by atoms with Crippen molar-refractivity contribution in [3.63, 3.8) is 0 Å². The van der Waals surface area contributed by atoms with Crippen molar-refractivity contribution in [2.75, 3.05) is 6.16 Å². The summed E-state index contributed by atoms with van der Waals surface area (Å²) in [4.78, 5) is 0. The Morgan fingerprint density at radius 3 is 1.67 bits per heavy atom. The Morgan fingerprint density at radius 1 is 0.944 bits per heavy atom. The Balaban J connectivity index is 2.90. The van der Waals surface area contributed by atoms with E-state index in [1.165, 1.54) is 34.1 Å². The van der Waals surface area contributed by atoms with Crippen molar-refractivity contribution in [2.45, 2.75) is 47.7 Å². The van der Waals surface area contributed by atoms with Crippen molar-refractivity contribution >= 4 is 15.5 Å². The summed E-state index contributed by atoms with van der Waals surface area (Å²) in [5, 5.41) is 5.92. The summed E-state index contributed by atoms with van der Waals surface area (Å²) >= 11 is 0. The smallest absolute Gasteiger partial charge is 0.00908 e. The highest BCUT2D eigenvalue weighted by Gasteiger charge is 2.15. The van der Waals surface area contributed by atoms with Gasteiger partial charge in [0.1, 0.15) is 0 Å². The van der Waals surface area contributed by atoms with Gasteiger partial charge >= 0.3 is 0 Å². The number of hydrogen-bond acceptors (Lipinski definition) is 0. The Hall–Kier alpha value is -0.310. The molecule has 0 aliphatic rings. The molecule has 1 aromatic rings. The molecule has 1 aromatic heterocycles. The molecular weight excluding hydrogens is 254 g/mol. The molecule has 0 fully saturated rings. The zero-order valence-corrected chi connectivity index (χ0v) is 14.5. The van der Waals surface area contributed by atoms with E-state index >= 15 is 0 Å². The summed E-state index contributed by atoms with van der Waals surface area (Å²) < 4.78 is 0. The Morgan fingerprint density at radius 2 is 1.33 bits per heavy atom. The fourth-order valence-electron chi connectivity index (χ4n) is 2.44. The minimum absolute atomic E-state index is 0.0351. The predicted molar refractivity (Wildman–Crippen MR) is 89.5 cm³/mol. The molecule has 0 bridgehead atoms. The summed E-state index contributed by atoms with van der Waals surface area (Å²) in [6, 6.07) is 0. The number of allylic oxidation sites excluding steroid dienone is 2. The minimum atomic E-state index is -0.179. The van der Waals surface area contributed by atoms with Crippen molar-refractivity contribution in [2.24, 2.45) is 0 Å². The number of rotatable bonds is 5. The molecule has 100 valence electrons. The first-order valence-corrected chi connectivity index (χ1v) is 9.54. The molecule has 0 atom stereocenters. The topological polar surface area (TPSA) is 0 Å². The van der Waals surface area contributed by atoms with E-state index in [1.807, 2.05) is 0 Å². The largest absolute Gasteiger partial charge is 0.118 e. The quantitative estimate of drug-likeness (QED) is 0.543. The highest BCUT2D eigenvalue weighted by atomic mass is 31.1. The van der Waals surface area contributed by atoms with Crippen LogP contribution in [0, 0.1) is 27.7 Å². The van der Waals surface area contributed by atoms with Crippen LogP contribution in [-0.4, -0.2) is 6.16 Å². The zero-order valence-electron chi connectivity index (χ0n) is 12.7. The van der Waals surface area contributed by atoms with Gasteiger partial charge in [0, 0.05) is 0 Å². The molecule has 18 heavy (non-hydrogen) atoms. The second-order valence-electron chi connectivity index (χ2n) is 5.19. The van der Waals surface area contributed by atoms with E-state index in [0.29, 0.717) is 0 Å². The average Bonchev–Trinajstić information content (AvgIpc) is 2.45. The standard InChI is InChI=1S/C16H26P2/c1-11(2)17(12(3)4)9-10-18-15(7)13(5)14(6)16(18)8/h1,3,9-10H2,2,4-8H3. The molecule has 0 nitrogen and oxygen atoms in total. The minimum Gasteiger partial charge on any atom is -0.118 e. The van der Waals surface area contributed by atoms with Crippen LogP contribution in [0.4, 0.5) is 0 Å². The lowest BCUT2D eigenvalue weighted by molar-refractivity contribution is 1.32. The van der Waals surface area contributed by atoms with Crippen LogP contribution in [0.5, 0.6) is 0 Å². The third-order valence-corrected chi connectivity index (χ3v) is 9.75. The Bertz CT molecular complexity index is 438. The van der Waals surface area contributed by atoms with Crippen LogP contribution in [0.1, 0.15) is 35.6 Å². The normalized spacial score (nSPS) is 11.1. The molecule has 2 heteroatoms. The van der Waals surface area contributed by atoms with Gasteiger partial charge in [0.15, 0.2) is 0 Å². The van der Waals surface area contributed by atoms with Gasteiger partial charge in [-0.2, -0.15) is 0 Å². The van der Waals surface area contributed by atoms with Crippen LogP contribution >= 0.6 is 15.5 Å². The maximum atomic E-state index is 4.14. The summed E-state index contributed by atoms with van der Waals surface area (Å²) in [7, 11) is -0.214. The van der Waals surface area contributed by atoms with Gasteiger partial charge < -0.3 is 0 Å². The summed E-state index contributed by atoms with van der Waals surface area (Å²) in [6.07, 6.45) is 2.58. The van der Waals surface area contributed by atoms with Gasteiger partial charge in [-0.1, -0.05) is 31.7 Å². The van der Waals surface area contributed by atoms with Crippen LogP contribution in [0.3, 0.4) is 0 Å². The predicted octanol–water partition coefficient (Wildman–Crippen LogP) is 6.46. The lowest BCUT2D eigenvalue weighted by Crippen LogP contribution is -1.87. The lowest BCUT2D eigenvalue weighted by Gasteiger charge is -2.18. The molecule has 1 rings (SSSR count). The molecule has 0 N–H and O–H groups in total. The highest BCUT2D eigenvalue weighted by Crippen LogP contribution is 2.54. The molecule has 0 aliphatic heterocycles. The van der Waals surface area contributed by atoms with E-state index in [-0.39, 0.29) is 15.5 Å². The van der Waals surface area contributed by atoms with E-state index in [9.17, 15) is 0 Å². The monoisotopic (exact) mass is 280 g/mol. The summed E-state index contributed by atoms with van der Waals surface area (Å²) in [5.74, 6) is 0. The summed E-state index contributed by atoms with van der Waals surface area (Å²) in [6.45, 7) is 21.8. The third-order valence-electron chi connectivity index (χ3n) is 3.93. The van der Waals surface area contributed by atoms with Gasteiger partial charge in [0.05, 0.1) is 0 Å². The molecule has 0 radical (unpaired) electrons. The van der Waals surface area contributed by atoms with Crippen molar-refractivity contribution in [3.8, 4) is 0 Å². The lowest BCUT2D eigenvalue weighted by atomic mass is 10.2. The van der Waals surface area contributed by atoms with Crippen molar-refractivity contribution in [1.82, 2.24) is 0 Å². The molecule has 0 saturated carbocycles. The second-order valence-corrected chi connectivity index (χ2v) is 10.7. The summed E-state index contributed by atoms with van der Waals surface area (Å²) in [5.41, 5.74) is 3.07. The second kappa shape index (κ2) is 6.23. The van der Waals surface area contributed by atoms with Gasteiger partial charge in [-0.05, 0) is 75.6 Å². The van der Waals surface area contributed by atoms with E-state index in [0.717, 1.165) is 0 Å². The fourth-order valence-corrected chi connectivity index (χ4v) is 7.78. The van der Waals surface area contributed by atoms with Crippen LogP contribution < -0.4 is 0 Å². The van der Waals surface area contributed by atoms with E-state index < -0.39 is 0 Å². The Kier molecular flexibility index (Phi) is 5.45. The molecule has 0 aliphatic carbocycles. The van der Waals surface area contributed by atoms with Crippen LogP contribution in [0.15, 0.2) is 23.8 Å². The van der Waals surface area contributed by atoms with Crippen molar-refractivity contribution < 1.29 is 0 Å². The number of hydrogen-bond donors (Lipinski definition) is 0. The van der Waals surface area contributed by atoms with Gasteiger partial charge in [0.2, 0.25) is 0 Å². The van der Waals surface area contributed by atoms with Gasteiger partial charge in [-0.15, -0.1) is 7.53 Å². The maximum Gasteiger partial charge on any atom is -0.00908 e. The molecule has 0 saturated heterocycles. The van der Waals surface area contributed by atoms with E-state index in [2.05, 4.69) is 54.7 Å². The van der Waals surface area contributed by atoms with Crippen molar-refractivity contribution in [3.05, 3.63) is 45.5 Å². The molecule has 0 spiro atoms. The molecule has 0 amide bonds. The highest BCUT2D eigenvalue weighted by molar-refractivity contribution is 7.66. The van der Waals surface area contributed by atoms with Crippen LogP contribution in [-0.2, 0) is 6.16 Å². The molecular formula is C16H26P2. The van der Waals surface area contributed by atoms with Crippen LogP contribution in [0.2, 0.25) is 0 Å². The first-order valence-electron chi connectivity index (χ1n) is 6.48. The van der Waals surface area contributed by atoms with E-state index in [1.54, 1.807) is 10.6 Å². The first kappa shape index (κ1) is 15.7. The zero-order chi connectivity index (χ0) is 14.0. The fraction of sp³-hybridized carbons (Fsp3) is 0.500. The molecule has 0 unspecified atom stereocenters. The average molecular weight is 280 g/mol. The first-order chi connectivity index (χ1) is 8.27. The Labute approximate surface area is 115 Å². The van der Waals surface area contributed by atoms with Gasteiger partial charge in [-0.3, -0.25) is 0 Å². The molecule has 1 heterocycles. The van der Waals surface area contributed by atoms with Gasteiger partial charge in [0.25, 0.3) is 0 Å². The third kappa shape index (κ3) is 3.17. The van der Waals surface area contributed by atoms with Crippen LogP contribution in [0.25, 0.3) is 0 Å².